The van der Waals surface area contributed by atoms with Gasteiger partial charge in [0.2, 0.25) is 0 Å². The topological polar surface area (TPSA) is 8.17 Å². The lowest BCUT2D eigenvalue weighted by Crippen LogP contribution is -2.48. The van der Waals surface area contributed by atoms with Crippen LogP contribution >= 0.6 is 0 Å². The second-order valence-electron chi connectivity index (χ2n) is 22.0. The molecular formula is C62H58N2. The zero-order valence-electron chi connectivity index (χ0n) is 37.4. The molecule has 0 spiro atoms. The average molecular weight is 831 g/mol. The van der Waals surface area contributed by atoms with Gasteiger partial charge in [0.05, 0.1) is 11.0 Å². The molecule has 7 aromatic carbocycles. The van der Waals surface area contributed by atoms with Gasteiger partial charge in [0.15, 0.2) is 0 Å². The summed E-state index contributed by atoms with van der Waals surface area (Å²) in [6.45, 7) is 4.90. The summed E-state index contributed by atoms with van der Waals surface area (Å²) in [5.74, 6) is 5.39. The lowest BCUT2D eigenvalue weighted by Gasteiger charge is -2.57. The van der Waals surface area contributed by atoms with Gasteiger partial charge in [-0.1, -0.05) is 105 Å². The Morgan fingerprint density at radius 1 is 0.484 bits per heavy atom. The fourth-order valence-corrected chi connectivity index (χ4v) is 15.4. The van der Waals surface area contributed by atoms with Crippen LogP contribution in [-0.4, -0.2) is 4.57 Å². The van der Waals surface area contributed by atoms with Crippen LogP contribution in [0.5, 0.6) is 0 Å². The third kappa shape index (κ3) is 5.63. The zero-order chi connectivity index (χ0) is 42.3. The van der Waals surface area contributed by atoms with E-state index in [0.29, 0.717) is 5.41 Å². The number of hydrogen-bond donors (Lipinski definition) is 0. The molecule has 0 amide bonds. The number of hydrogen-bond acceptors (Lipinski definition) is 1. The summed E-state index contributed by atoms with van der Waals surface area (Å²) in [6.07, 6.45) is 14.3. The first-order chi connectivity index (χ1) is 31.3. The second kappa shape index (κ2) is 13.8. The first-order valence-electron chi connectivity index (χ1n) is 24.7. The highest BCUT2D eigenvalue weighted by Crippen LogP contribution is 2.61. The summed E-state index contributed by atoms with van der Waals surface area (Å²) in [7, 11) is 0. The van der Waals surface area contributed by atoms with Crippen molar-refractivity contribution in [2.75, 3.05) is 4.90 Å². The van der Waals surface area contributed by atoms with Gasteiger partial charge in [-0.3, -0.25) is 0 Å². The fourth-order valence-electron chi connectivity index (χ4n) is 15.4. The largest absolute Gasteiger partial charge is 0.310 e. The number of anilines is 3. The molecule has 8 aromatic rings. The molecule has 0 aliphatic heterocycles. The van der Waals surface area contributed by atoms with Gasteiger partial charge in [-0.2, -0.15) is 0 Å². The van der Waals surface area contributed by atoms with Crippen molar-refractivity contribution in [1.29, 1.82) is 0 Å². The molecule has 3 atom stereocenters. The Kier molecular flexibility index (Phi) is 8.10. The van der Waals surface area contributed by atoms with Gasteiger partial charge in [-0.15, -0.1) is 0 Å². The van der Waals surface area contributed by atoms with E-state index >= 15 is 0 Å². The molecule has 6 bridgehead atoms. The van der Waals surface area contributed by atoms with E-state index in [9.17, 15) is 0 Å². The molecule has 0 saturated heterocycles. The van der Waals surface area contributed by atoms with Gasteiger partial charge in [0.25, 0.3) is 0 Å². The van der Waals surface area contributed by atoms with Crippen molar-refractivity contribution in [2.45, 2.75) is 94.8 Å². The van der Waals surface area contributed by atoms with Crippen molar-refractivity contribution in [3.8, 4) is 27.9 Å². The second-order valence-corrected chi connectivity index (χ2v) is 22.0. The van der Waals surface area contributed by atoms with E-state index in [1.807, 2.05) is 0 Å². The summed E-state index contributed by atoms with van der Waals surface area (Å²) in [5, 5.41) is 2.61. The Bertz CT molecular complexity index is 3080. The molecule has 6 fully saturated rings. The van der Waals surface area contributed by atoms with E-state index in [4.69, 9.17) is 0 Å². The summed E-state index contributed by atoms with van der Waals surface area (Å²) in [5.41, 5.74) is 18.8. The van der Waals surface area contributed by atoms with Gasteiger partial charge in [0.1, 0.15) is 0 Å². The van der Waals surface area contributed by atoms with Gasteiger partial charge in [0, 0.05) is 38.9 Å². The Balaban J connectivity index is 0.892. The van der Waals surface area contributed by atoms with Crippen LogP contribution in [0, 0.1) is 29.6 Å². The number of rotatable bonds is 7. The smallest absolute Gasteiger partial charge is 0.0547 e. The summed E-state index contributed by atoms with van der Waals surface area (Å²) >= 11 is 0. The number of fused-ring (bicyclic) bond motifs is 8. The Labute approximate surface area is 379 Å². The average Bonchev–Trinajstić information content (AvgIpc) is 4.09. The Morgan fingerprint density at radius 3 is 1.80 bits per heavy atom. The predicted octanol–water partition coefficient (Wildman–Crippen LogP) is 16.6. The van der Waals surface area contributed by atoms with Crippen LogP contribution in [0.4, 0.5) is 17.1 Å². The summed E-state index contributed by atoms with van der Waals surface area (Å²) < 4.78 is 2.48. The minimum absolute atomic E-state index is 0.188. The summed E-state index contributed by atoms with van der Waals surface area (Å²) in [6, 6.07) is 61.0. The molecule has 2 nitrogen and oxygen atoms in total. The van der Waals surface area contributed by atoms with Crippen LogP contribution in [0.2, 0.25) is 0 Å². The molecular weight excluding hydrogens is 773 g/mol. The first kappa shape index (κ1) is 37.5. The molecule has 6 saturated carbocycles. The third-order valence-electron chi connectivity index (χ3n) is 18.0. The Morgan fingerprint density at radius 2 is 1.12 bits per heavy atom. The van der Waals surface area contributed by atoms with Crippen LogP contribution in [0.1, 0.15) is 106 Å². The number of para-hydroxylation sites is 1. The highest BCUT2D eigenvalue weighted by Gasteiger charge is 2.51. The Hall–Kier alpha value is -5.86. The monoisotopic (exact) mass is 830 g/mol. The van der Waals surface area contributed by atoms with Crippen molar-refractivity contribution in [2.24, 2.45) is 29.6 Å². The van der Waals surface area contributed by atoms with Gasteiger partial charge in [-0.05, 0) is 216 Å². The predicted molar refractivity (Wildman–Crippen MR) is 267 cm³/mol. The summed E-state index contributed by atoms with van der Waals surface area (Å²) in [4.78, 5) is 2.56. The standard InChI is InChI=1S/C62H58N2/c1-61(2)57-33-51(24-25-52(57)54-35-60-56(34-58(54)61)55-32-45(43-9-5-3-6-10-43)17-26-59(55)64(60)48-11-7-4-8-12-48)63(49-20-15-44(16-21-49)53-31-39-13-14-46(53)30-39)50-22-18-47(19-23-50)62-36-40-27-41(37-62)29-42(28-40)38-62/h3-12,15-26,32-35,39-42,46,53H,13-14,27-31,36-38H2,1-2H3. The van der Waals surface area contributed by atoms with E-state index < -0.39 is 0 Å². The van der Waals surface area contributed by atoms with E-state index in [-0.39, 0.29) is 5.41 Å². The van der Waals surface area contributed by atoms with Crippen molar-refractivity contribution in [3.05, 3.63) is 180 Å². The zero-order valence-corrected chi connectivity index (χ0v) is 37.4. The van der Waals surface area contributed by atoms with E-state index in [0.717, 1.165) is 35.5 Å². The number of benzene rings is 7. The normalized spacial score (nSPS) is 26.8. The fraction of sp³-hybridized carbons (Fsp3) is 0.323. The van der Waals surface area contributed by atoms with E-state index in [1.54, 1.807) is 11.1 Å². The number of aromatic nitrogens is 1. The lowest BCUT2D eigenvalue weighted by atomic mass is 9.48. The molecule has 3 unspecified atom stereocenters. The van der Waals surface area contributed by atoms with E-state index in [2.05, 4.69) is 181 Å². The molecule has 15 rings (SSSR count). The number of nitrogens with zero attached hydrogens (tertiary/aromatic N) is 2. The van der Waals surface area contributed by atoms with E-state index in [1.165, 1.54) is 142 Å². The minimum Gasteiger partial charge on any atom is -0.310 e. The molecule has 0 N–H and O–H groups in total. The minimum atomic E-state index is -0.188. The molecule has 2 heteroatoms. The SMILES string of the molecule is CC1(C)c2cc(N(c3ccc(C4CC5CCC4C5)cc3)c3ccc(C45CC6CC(CC(C6)C4)C5)cc3)ccc2-c2cc3c(cc21)c1cc(-c2ccccc2)ccc1n3-c1ccccc1. The molecule has 316 valence electrons. The van der Waals surface area contributed by atoms with Gasteiger partial charge in [-0.25, -0.2) is 0 Å². The molecule has 1 heterocycles. The van der Waals surface area contributed by atoms with Crippen LogP contribution in [0.15, 0.2) is 158 Å². The molecule has 7 aliphatic carbocycles. The van der Waals surface area contributed by atoms with Crippen LogP contribution in [0.3, 0.4) is 0 Å². The third-order valence-corrected chi connectivity index (χ3v) is 18.0. The van der Waals surface area contributed by atoms with Gasteiger partial charge >= 0.3 is 0 Å². The molecule has 64 heavy (non-hydrogen) atoms. The molecule has 1 aromatic heterocycles. The highest BCUT2D eigenvalue weighted by atomic mass is 15.1. The highest BCUT2D eigenvalue weighted by molar-refractivity contribution is 6.12. The van der Waals surface area contributed by atoms with Crippen LogP contribution in [-0.2, 0) is 10.8 Å². The molecule has 7 aliphatic rings. The van der Waals surface area contributed by atoms with Crippen molar-refractivity contribution >= 4 is 38.9 Å². The van der Waals surface area contributed by atoms with Crippen LogP contribution in [0.25, 0.3) is 49.7 Å². The van der Waals surface area contributed by atoms with Crippen molar-refractivity contribution in [1.82, 2.24) is 4.57 Å². The first-order valence-corrected chi connectivity index (χ1v) is 24.7. The van der Waals surface area contributed by atoms with Gasteiger partial charge < -0.3 is 9.47 Å². The lowest BCUT2D eigenvalue weighted by molar-refractivity contribution is -0.00518. The van der Waals surface area contributed by atoms with Crippen molar-refractivity contribution in [3.63, 3.8) is 0 Å². The molecule has 0 radical (unpaired) electrons. The maximum Gasteiger partial charge on any atom is 0.0547 e. The van der Waals surface area contributed by atoms with Crippen LogP contribution < -0.4 is 4.90 Å². The maximum atomic E-state index is 2.56. The maximum absolute atomic E-state index is 2.56. The van der Waals surface area contributed by atoms with Crippen molar-refractivity contribution < 1.29 is 0 Å². The quantitative estimate of drug-likeness (QED) is 0.155.